The molecule has 3 aromatic rings. The van der Waals surface area contributed by atoms with Gasteiger partial charge in [-0.25, -0.2) is 19.0 Å². The lowest BCUT2D eigenvalue weighted by atomic mass is 10.1. The molecule has 1 aliphatic carbocycles. The molecule has 1 amide bonds. The maximum absolute atomic E-state index is 13.6. The van der Waals surface area contributed by atoms with Crippen LogP contribution in [0, 0.1) is 18.7 Å². The lowest BCUT2D eigenvalue weighted by molar-refractivity contribution is -0.132. The van der Waals surface area contributed by atoms with E-state index in [0.29, 0.717) is 12.5 Å². The molecule has 0 bridgehead atoms. The Kier molecular flexibility index (Phi) is 6.23. The Labute approximate surface area is 200 Å². The Morgan fingerprint density at radius 2 is 1.88 bits per heavy atom. The molecule has 180 valence electrons. The van der Waals surface area contributed by atoms with Gasteiger partial charge in [-0.2, -0.15) is 5.10 Å². The van der Waals surface area contributed by atoms with Crippen LogP contribution < -0.4 is 4.90 Å². The Hall–Kier alpha value is -3.03. The van der Waals surface area contributed by atoms with Crippen LogP contribution in [0.5, 0.6) is 0 Å². The third-order valence-corrected chi connectivity index (χ3v) is 6.97. The van der Waals surface area contributed by atoms with Gasteiger partial charge in [0, 0.05) is 38.0 Å². The number of carbonyl (C=O) groups is 1. The number of rotatable bonds is 6. The first-order valence-corrected chi connectivity index (χ1v) is 12.5. The van der Waals surface area contributed by atoms with Crippen LogP contribution in [0.1, 0.15) is 63.4 Å². The SMILES string of the molecule is CCC[C@H](C)c1nc(N2CCCN(C(=O)C3CC3)CC2)c2c(C)nn(-c3ccc(F)cc3)c2n1. The van der Waals surface area contributed by atoms with Crippen LogP contribution in [0.15, 0.2) is 24.3 Å². The van der Waals surface area contributed by atoms with Crippen LogP contribution in [0.3, 0.4) is 0 Å². The minimum absolute atomic E-state index is 0.213. The molecule has 1 aromatic carbocycles. The smallest absolute Gasteiger partial charge is 0.225 e. The molecule has 0 radical (unpaired) electrons. The van der Waals surface area contributed by atoms with Crippen molar-refractivity contribution in [3.63, 3.8) is 0 Å². The zero-order valence-corrected chi connectivity index (χ0v) is 20.3. The molecule has 2 aromatic heterocycles. The second-order valence-corrected chi connectivity index (χ2v) is 9.71. The number of carbonyl (C=O) groups excluding carboxylic acids is 1. The van der Waals surface area contributed by atoms with E-state index in [-0.39, 0.29) is 17.7 Å². The highest BCUT2D eigenvalue weighted by molar-refractivity contribution is 5.91. The number of hydrogen-bond acceptors (Lipinski definition) is 5. The van der Waals surface area contributed by atoms with Crippen LogP contribution in [0.25, 0.3) is 16.7 Å². The van der Waals surface area contributed by atoms with Gasteiger partial charge >= 0.3 is 0 Å². The van der Waals surface area contributed by atoms with Gasteiger partial charge in [0.15, 0.2) is 5.65 Å². The summed E-state index contributed by atoms with van der Waals surface area (Å²) in [4.78, 5) is 27.1. The lowest BCUT2D eigenvalue weighted by Gasteiger charge is -2.24. The standard InChI is InChI=1S/C26H33FN6O/c1-4-6-17(2)23-28-24(31-13-5-14-32(16-15-31)26(34)19-7-8-19)22-18(3)30-33(25(22)29-23)21-11-9-20(27)10-12-21/h9-12,17,19H,4-8,13-16H2,1-3H3/t17-/m0/s1. The van der Waals surface area contributed by atoms with Gasteiger partial charge in [0.2, 0.25) is 5.91 Å². The van der Waals surface area contributed by atoms with Crippen LogP contribution >= 0.6 is 0 Å². The topological polar surface area (TPSA) is 67.2 Å². The van der Waals surface area contributed by atoms with E-state index in [1.54, 1.807) is 16.8 Å². The van der Waals surface area contributed by atoms with E-state index in [0.717, 1.165) is 85.8 Å². The van der Waals surface area contributed by atoms with Gasteiger partial charge in [0.05, 0.1) is 16.8 Å². The summed E-state index contributed by atoms with van der Waals surface area (Å²) in [5.74, 6) is 2.20. The van der Waals surface area contributed by atoms with Gasteiger partial charge in [0.1, 0.15) is 17.5 Å². The van der Waals surface area contributed by atoms with Gasteiger partial charge in [-0.05, 0) is 56.9 Å². The number of amides is 1. The van der Waals surface area contributed by atoms with Crippen LogP contribution in [0.4, 0.5) is 10.2 Å². The maximum atomic E-state index is 13.6. The van der Waals surface area contributed by atoms with E-state index in [4.69, 9.17) is 15.1 Å². The van der Waals surface area contributed by atoms with Crippen molar-refractivity contribution in [2.75, 3.05) is 31.1 Å². The fraction of sp³-hybridized carbons (Fsp3) is 0.538. The molecular weight excluding hydrogens is 431 g/mol. The Morgan fingerprint density at radius 1 is 1.12 bits per heavy atom. The highest BCUT2D eigenvalue weighted by Crippen LogP contribution is 2.34. The molecular formula is C26H33FN6O. The molecule has 8 heteroatoms. The van der Waals surface area contributed by atoms with Gasteiger partial charge in [-0.3, -0.25) is 4.79 Å². The number of hydrogen-bond donors (Lipinski definition) is 0. The summed E-state index contributed by atoms with van der Waals surface area (Å²) in [6.07, 6.45) is 5.03. The Balaban J connectivity index is 1.57. The predicted octanol–water partition coefficient (Wildman–Crippen LogP) is 4.62. The largest absolute Gasteiger partial charge is 0.354 e. The minimum atomic E-state index is -0.278. The van der Waals surface area contributed by atoms with Gasteiger partial charge in [-0.1, -0.05) is 20.3 Å². The summed E-state index contributed by atoms with van der Waals surface area (Å²) in [6.45, 7) is 9.40. The van der Waals surface area contributed by atoms with Crippen molar-refractivity contribution in [1.29, 1.82) is 0 Å². The van der Waals surface area contributed by atoms with Crippen molar-refractivity contribution in [2.24, 2.45) is 5.92 Å². The van der Waals surface area contributed by atoms with Crippen molar-refractivity contribution in [3.8, 4) is 5.69 Å². The second kappa shape index (κ2) is 9.31. The van der Waals surface area contributed by atoms with Crippen molar-refractivity contribution in [1.82, 2.24) is 24.6 Å². The van der Waals surface area contributed by atoms with Gasteiger partial charge in [0.25, 0.3) is 0 Å². The van der Waals surface area contributed by atoms with E-state index in [2.05, 4.69) is 18.7 Å². The average molecular weight is 465 g/mol. The van der Waals surface area contributed by atoms with Gasteiger partial charge in [-0.15, -0.1) is 0 Å². The molecule has 0 unspecified atom stereocenters. The highest BCUT2D eigenvalue weighted by Gasteiger charge is 2.34. The molecule has 7 nitrogen and oxygen atoms in total. The molecule has 1 aliphatic heterocycles. The zero-order valence-electron chi connectivity index (χ0n) is 20.3. The maximum Gasteiger partial charge on any atom is 0.225 e. The molecule has 2 fully saturated rings. The summed E-state index contributed by atoms with van der Waals surface area (Å²) in [5.41, 5.74) is 2.37. The molecule has 1 saturated carbocycles. The fourth-order valence-corrected chi connectivity index (χ4v) is 4.89. The summed E-state index contributed by atoms with van der Waals surface area (Å²) in [5, 5.41) is 5.72. The third kappa shape index (κ3) is 4.38. The van der Waals surface area contributed by atoms with Crippen molar-refractivity contribution < 1.29 is 9.18 Å². The number of aryl methyl sites for hydroxylation is 1. The number of nitrogens with zero attached hydrogens (tertiary/aromatic N) is 6. The number of fused-ring (bicyclic) bond motifs is 1. The summed E-state index contributed by atoms with van der Waals surface area (Å²) in [7, 11) is 0. The van der Waals surface area contributed by atoms with Crippen LogP contribution in [-0.4, -0.2) is 56.7 Å². The number of anilines is 1. The summed E-state index contributed by atoms with van der Waals surface area (Å²) >= 11 is 0. The Morgan fingerprint density at radius 3 is 2.59 bits per heavy atom. The highest BCUT2D eigenvalue weighted by atomic mass is 19.1. The first-order chi connectivity index (χ1) is 16.5. The second-order valence-electron chi connectivity index (χ2n) is 9.71. The first kappa shape index (κ1) is 22.7. The normalized spacial score (nSPS) is 17.8. The van der Waals surface area contributed by atoms with Crippen molar-refractivity contribution in [2.45, 2.75) is 58.8 Å². The van der Waals surface area contributed by atoms with E-state index in [1.165, 1.54) is 12.1 Å². The van der Waals surface area contributed by atoms with Crippen molar-refractivity contribution in [3.05, 3.63) is 41.6 Å². The first-order valence-electron chi connectivity index (χ1n) is 12.5. The fourth-order valence-electron chi connectivity index (χ4n) is 4.89. The monoisotopic (exact) mass is 464 g/mol. The molecule has 0 spiro atoms. The predicted molar refractivity (Wildman–Crippen MR) is 131 cm³/mol. The Bertz CT molecular complexity index is 1190. The summed E-state index contributed by atoms with van der Waals surface area (Å²) in [6, 6.07) is 6.35. The molecule has 34 heavy (non-hydrogen) atoms. The summed E-state index contributed by atoms with van der Waals surface area (Å²) < 4.78 is 15.4. The minimum Gasteiger partial charge on any atom is -0.354 e. The molecule has 5 rings (SSSR count). The van der Waals surface area contributed by atoms with Crippen LogP contribution in [-0.2, 0) is 4.79 Å². The van der Waals surface area contributed by atoms with E-state index in [1.807, 2.05) is 11.8 Å². The number of halogens is 1. The molecule has 0 N–H and O–H groups in total. The van der Waals surface area contributed by atoms with Crippen molar-refractivity contribution >= 4 is 22.8 Å². The zero-order chi connectivity index (χ0) is 23.8. The number of aromatic nitrogens is 4. The van der Waals surface area contributed by atoms with E-state index >= 15 is 0 Å². The third-order valence-electron chi connectivity index (χ3n) is 6.97. The van der Waals surface area contributed by atoms with E-state index in [9.17, 15) is 9.18 Å². The van der Waals surface area contributed by atoms with Gasteiger partial charge < -0.3 is 9.80 Å². The number of benzene rings is 1. The lowest BCUT2D eigenvalue weighted by Crippen LogP contribution is -2.36. The molecule has 3 heterocycles. The molecule has 1 atom stereocenters. The quantitative estimate of drug-likeness (QED) is 0.533. The average Bonchev–Trinajstić information content (AvgIpc) is 3.66. The van der Waals surface area contributed by atoms with E-state index < -0.39 is 0 Å². The molecule has 1 saturated heterocycles. The molecule has 2 aliphatic rings. The van der Waals surface area contributed by atoms with Crippen LogP contribution in [0.2, 0.25) is 0 Å².